The van der Waals surface area contributed by atoms with E-state index >= 15 is 0 Å². The van der Waals surface area contributed by atoms with Crippen LogP contribution in [0.15, 0.2) is 24.3 Å². The molecule has 2 unspecified atom stereocenters. The van der Waals surface area contributed by atoms with Crippen LogP contribution in [0.3, 0.4) is 0 Å². The molecule has 2 atom stereocenters. The molecular weight excluding hydrogens is 246 g/mol. The maximum atomic E-state index is 9.10. The molecule has 2 heteroatoms. The first-order valence-electron chi connectivity index (χ1n) is 8.02. The molecule has 0 spiro atoms. The highest BCUT2D eigenvalue weighted by Crippen LogP contribution is 2.41. The molecule has 0 radical (unpaired) electrons. The number of rotatable bonds is 6. The highest BCUT2D eigenvalue weighted by molar-refractivity contribution is 5.38. The molecule has 0 aliphatic heterocycles. The standard InChI is InChI=1S/C18H29NO/c1-4-14(10-12-20)13-19-17-9-11-18(2,3)16-8-6-5-7-15(16)17/h5-8,14,17,19-20H,4,9-13H2,1-3H3. The summed E-state index contributed by atoms with van der Waals surface area (Å²) in [5, 5.41) is 12.8. The molecule has 0 heterocycles. The fourth-order valence-electron chi connectivity index (χ4n) is 3.37. The van der Waals surface area contributed by atoms with Crippen molar-refractivity contribution in [3.63, 3.8) is 0 Å². The third kappa shape index (κ3) is 3.42. The summed E-state index contributed by atoms with van der Waals surface area (Å²) in [6, 6.07) is 9.35. The van der Waals surface area contributed by atoms with Crippen molar-refractivity contribution in [3.8, 4) is 0 Å². The van der Waals surface area contributed by atoms with E-state index in [1.165, 1.54) is 24.0 Å². The lowest BCUT2D eigenvalue weighted by molar-refractivity contribution is 0.245. The molecule has 0 fully saturated rings. The van der Waals surface area contributed by atoms with Crippen molar-refractivity contribution in [2.24, 2.45) is 5.92 Å². The normalized spacial score (nSPS) is 22.3. The van der Waals surface area contributed by atoms with Gasteiger partial charge >= 0.3 is 0 Å². The zero-order chi connectivity index (χ0) is 14.6. The van der Waals surface area contributed by atoms with Crippen molar-refractivity contribution in [1.82, 2.24) is 5.32 Å². The maximum Gasteiger partial charge on any atom is 0.0434 e. The summed E-state index contributed by atoms with van der Waals surface area (Å²) >= 11 is 0. The SMILES string of the molecule is CCC(CCO)CNC1CCC(C)(C)c2ccccc21. The van der Waals surface area contributed by atoms with Gasteiger partial charge in [-0.05, 0) is 48.3 Å². The molecular formula is C18H29NO. The van der Waals surface area contributed by atoms with E-state index in [4.69, 9.17) is 5.11 Å². The van der Waals surface area contributed by atoms with Crippen molar-refractivity contribution in [2.45, 2.75) is 57.9 Å². The summed E-state index contributed by atoms with van der Waals surface area (Å²) in [6.45, 7) is 8.22. The highest BCUT2D eigenvalue weighted by atomic mass is 16.3. The molecule has 2 N–H and O–H groups in total. The monoisotopic (exact) mass is 275 g/mol. The lowest BCUT2D eigenvalue weighted by Crippen LogP contribution is -2.35. The Morgan fingerprint density at radius 3 is 2.80 bits per heavy atom. The molecule has 0 saturated heterocycles. The second kappa shape index (κ2) is 6.73. The number of hydrogen-bond acceptors (Lipinski definition) is 2. The van der Waals surface area contributed by atoms with Crippen molar-refractivity contribution < 1.29 is 5.11 Å². The van der Waals surface area contributed by atoms with Gasteiger partial charge in [0.15, 0.2) is 0 Å². The van der Waals surface area contributed by atoms with Crippen LogP contribution in [0.5, 0.6) is 0 Å². The van der Waals surface area contributed by atoms with E-state index in [0.29, 0.717) is 24.0 Å². The molecule has 2 nitrogen and oxygen atoms in total. The van der Waals surface area contributed by atoms with Crippen LogP contribution >= 0.6 is 0 Å². The largest absolute Gasteiger partial charge is 0.396 e. The van der Waals surface area contributed by atoms with E-state index in [1.807, 2.05) is 0 Å². The fourth-order valence-corrected chi connectivity index (χ4v) is 3.37. The van der Waals surface area contributed by atoms with Crippen molar-refractivity contribution in [3.05, 3.63) is 35.4 Å². The number of aliphatic hydroxyl groups is 1. The van der Waals surface area contributed by atoms with Crippen LogP contribution in [0.2, 0.25) is 0 Å². The average Bonchev–Trinajstić information content (AvgIpc) is 2.45. The van der Waals surface area contributed by atoms with Gasteiger partial charge in [0.2, 0.25) is 0 Å². The molecule has 0 saturated carbocycles. The summed E-state index contributed by atoms with van der Waals surface area (Å²) in [5.41, 5.74) is 3.27. The summed E-state index contributed by atoms with van der Waals surface area (Å²) in [5.74, 6) is 0.585. The van der Waals surface area contributed by atoms with Gasteiger partial charge in [0, 0.05) is 12.6 Å². The first kappa shape index (κ1) is 15.5. The first-order chi connectivity index (χ1) is 9.58. The summed E-state index contributed by atoms with van der Waals surface area (Å²) in [6.07, 6.45) is 4.48. The Hall–Kier alpha value is -0.860. The van der Waals surface area contributed by atoms with Gasteiger partial charge in [0.05, 0.1) is 0 Å². The highest BCUT2D eigenvalue weighted by Gasteiger charge is 2.32. The number of hydrogen-bond donors (Lipinski definition) is 2. The predicted molar refractivity (Wildman–Crippen MR) is 84.9 cm³/mol. The van der Waals surface area contributed by atoms with Gasteiger partial charge in [-0.2, -0.15) is 0 Å². The van der Waals surface area contributed by atoms with E-state index in [0.717, 1.165) is 19.4 Å². The van der Waals surface area contributed by atoms with Crippen LogP contribution < -0.4 is 5.32 Å². The number of aliphatic hydroxyl groups excluding tert-OH is 1. The van der Waals surface area contributed by atoms with Crippen LogP contribution in [-0.2, 0) is 5.41 Å². The fraction of sp³-hybridized carbons (Fsp3) is 0.667. The molecule has 0 aromatic heterocycles. The Balaban J connectivity index is 2.07. The molecule has 112 valence electrons. The number of benzene rings is 1. The van der Waals surface area contributed by atoms with Crippen LogP contribution in [0.25, 0.3) is 0 Å². The van der Waals surface area contributed by atoms with Gasteiger partial charge in [-0.25, -0.2) is 0 Å². The second-order valence-corrected chi connectivity index (χ2v) is 6.76. The predicted octanol–water partition coefficient (Wildman–Crippen LogP) is 3.80. The van der Waals surface area contributed by atoms with E-state index in [9.17, 15) is 0 Å². The lowest BCUT2D eigenvalue weighted by atomic mass is 9.71. The van der Waals surface area contributed by atoms with Gasteiger partial charge in [-0.15, -0.1) is 0 Å². The van der Waals surface area contributed by atoms with Crippen LogP contribution in [0.1, 0.15) is 63.6 Å². The number of fused-ring (bicyclic) bond motifs is 1. The van der Waals surface area contributed by atoms with Crippen molar-refractivity contribution >= 4 is 0 Å². The summed E-state index contributed by atoms with van der Waals surface area (Å²) in [4.78, 5) is 0. The Bertz CT molecular complexity index is 427. The van der Waals surface area contributed by atoms with Gasteiger partial charge in [-0.1, -0.05) is 51.5 Å². The minimum Gasteiger partial charge on any atom is -0.396 e. The molecule has 1 aromatic rings. The first-order valence-corrected chi connectivity index (χ1v) is 8.02. The molecule has 20 heavy (non-hydrogen) atoms. The third-order valence-electron chi connectivity index (χ3n) is 4.89. The van der Waals surface area contributed by atoms with Gasteiger partial charge in [0.1, 0.15) is 0 Å². The quantitative estimate of drug-likeness (QED) is 0.827. The van der Waals surface area contributed by atoms with E-state index < -0.39 is 0 Å². The minimum absolute atomic E-state index is 0.296. The minimum atomic E-state index is 0.296. The molecule has 0 amide bonds. The van der Waals surface area contributed by atoms with Crippen molar-refractivity contribution in [2.75, 3.05) is 13.2 Å². The Morgan fingerprint density at radius 2 is 2.10 bits per heavy atom. The average molecular weight is 275 g/mol. The summed E-state index contributed by atoms with van der Waals surface area (Å²) < 4.78 is 0. The Morgan fingerprint density at radius 1 is 1.35 bits per heavy atom. The second-order valence-electron chi connectivity index (χ2n) is 6.76. The van der Waals surface area contributed by atoms with Crippen LogP contribution in [0.4, 0.5) is 0 Å². The van der Waals surface area contributed by atoms with Crippen LogP contribution in [0, 0.1) is 5.92 Å². The molecule has 2 rings (SSSR count). The third-order valence-corrected chi connectivity index (χ3v) is 4.89. The molecule has 1 aromatic carbocycles. The van der Waals surface area contributed by atoms with E-state index in [2.05, 4.69) is 50.4 Å². The zero-order valence-corrected chi connectivity index (χ0v) is 13.2. The topological polar surface area (TPSA) is 32.3 Å². The summed E-state index contributed by atoms with van der Waals surface area (Å²) in [7, 11) is 0. The maximum absolute atomic E-state index is 9.10. The van der Waals surface area contributed by atoms with E-state index in [-0.39, 0.29) is 0 Å². The number of nitrogens with one attached hydrogen (secondary N) is 1. The van der Waals surface area contributed by atoms with Crippen molar-refractivity contribution in [1.29, 1.82) is 0 Å². The van der Waals surface area contributed by atoms with E-state index in [1.54, 1.807) is 0 Å². The Kier molecular flexibility index (Phi) is 5.22. The molecule has 1 aliphatic carbocycles. The van der Waals surface area contributed by atoms with Gasteiger partial charge in [-0.3, -0.25) is 0 Å². The van der Waals surface area contributed by atoms with Gasteiger partial charge < -0.3 is 10.4 Å². The van der Waals surface area contributed by atoms with Gasteiger partial charge in [0.25, 0.3) is 0 Å². The Labute approximate surface area is 123 Å². The zero-order valence-electron chi connectivity index (χ0n) is 13.2. The lowest BCUT2D eigenvalue weighted by Gasteiger charge is -2.38. The van der Waals surface area contributed by atoms with Crippen LogP contribution in [-0.4, -0.2) is 18.3 Å². The molecule has 1 aliphatic rings. The smallest absolute Gasteiger partial charge is 0.0434 e. The molecule has 0 bridgehead atoms.